The molecule has 4 heteroatoms. The number of ether oxygens (including phenoxy) is 1. The van der Waals surface area contributed by atoms with Crippen molar-refractivity contribution in [3.63, 3.8) is 0 Å². The van der Waals surface area contributed by atoms with Crippen LogP contribution in [0, 0.1) is 6.92 Å². The number of aryl methyl sites for hydroxylation is 1. The molecule has 1 aromatic carbocycles. The third kappa shape index (κ3) is 1.95. The van der Waals surface area contributed by atoms with Crippen molar-refractivity contribution in [2.45, 2.75) is 6.92 Å². The van der Waals surface area contributed by atoms with Gasteiger partial charge >= 0.3 is 0 Å². The summed E-state index contributed by atoms with van der Waals surface area (Å²) in [5.41, 5.74) is 8.33. The Morgan fingerprint density at radius 1 is 1.12 bits per heavy atom. The number of nitrogen functional groups attached to an aromatic ring is 1. The number of nitrogens with zero attached hydrogens (tertiary/aromatic N) is 2. The van der Waals surface area contributed by atoms with E-state index >= 15 is 0 Å². The van der Waals surface area contributed by atoms with Crippen LogP contribution in [0.25, 0.3) is 11.3 Å². The van der Waals surface area contributed by atoms with Crippen LogP contribution in [0.1, 0.15) is 5.56 Å². The van der Waals surface area contributed by atoms with Crippen LogP contribution in [-0.2, 0) is 0 Å². The summed E-state index contributed by atoms with van der Waals surface area (Å²) in [6.45, 7) is 2.02. The van der Waals surface area contributed by atoms with E-state index in [2.05, 4.69) is 10.2 Å². The fourth-order valence-electron chi connectivity index (χ4n) is 1.51. The Bertz CT molecular complexity index is 494. The SMILES string of the molecule is COc1ccc(C)cc1-c1ccc(N)nn1. The smallest absolute Gasteiger partial charge is 0.146 e. The Morgan fingerprint density at radius 2 is 1.94 bits per heavy atom. The zero-order chi connectivity index (χ0) is 11.5. The summed E-state index contributed by atoms with van der Waals surface area (Å²) in [4.78, 5) is 0. The molecule has 0 aliphatic carbocycles. The topological polar surface area (TPSA) is 61.0 Å². The zero-order valence-electron chi connectivity index (χ0n) is 9.27. The molecular weight excluding hydrogens is 202 g/mol. The van der Waals surface area contributed by atoms with E-state index < -0.39 is 0 Å². The molecule has 0 unspecified atom stereocenters. The average molecular weight is 215 g/mol. The molecule has 0 atom stereocenters. The van der Waals surface area contributed by atoms with E-state index in [4.69, 9.17) is 10.5 Å². The van der Waals surface area contributed by atoms with E-state index in [1.54, 1.807) is 13.2 Å². The van der Waals surface area contributed by atoms with Gasteiger partial charge in [-0.3, -0.25) is 0 Å². The third-order valence-electron chi connectivity index (χ3n) is 2.32. The highest BCUT2D eigenvalue weighted by molar-refractivity contribution is 5.68. The van der Waals surface area contributed by atoms with Crippen molar-refractivity contribution in [1.82, 2.24) is 10.2 Å². The molecule has 1 heterocycles. The van der Waals surface area contributed by atoms with Crippen LogP contribution in [0.3, 0.4) is 0 Å². The van der Waals surface area contributed by atoms with Gasteiger partial charge in [0.25, 0.3) is 0 Å². The highest BCUT2D eigenvalue weighted by Crippen LogP contribution is 2.29. The number of hydrogen-bond acceptors (Lipinski definition) is 4. The highest BCUT2D eigenvalue weighted by Gasteiger charge is 2.07. The molecule has 0 amide bonds. The lowest BCUT2D eigenvalue weighted by atomic mass is 10.1. The van der Waals surface area contributed by atoms with Crippen molar-refractivity contribution < 1.29 is 4.74 Å². The summed E-state index contributed by atoms with van der Waals surface area (Å²) >= 11 is 0. The summed E-state index contributed by atoms with van der Waals surface area (Å²) in [5, 5.41) is 7.88. The predicted molar refractivity (Wildman–Crippen MR) is 63.2 cm³/mol. The summed E-state index contributed by atoms with van der Waals surface area (Å²) in [7, 11) is 1.64. The molecule has 2 N–H and O–H groups in total. The molecule has 82 valence electrons. The second-order valence-corrected chi connectivity index (χ2v) is 3.55. The van der Waals surface area contributed by atoms with Gasteiger partial charge in [-0.2, -0.15) is 0 Å². The number of methoxy groups -OCH3 is 1. The second kappa shape index (κ2) is 4.18. The Labute approximate surface area is 94.1 Å². The second-order valence-electron chi connectivity index (χ2n) is 3.55. The van der Waals surface area contributed by atoms with Gasteiger partial charge in [-0.15, -0.1) is 10.2 Å². The number of anilines is 1. The molecule has 0 aliphatic heterocycles. The first-order valence-electron chi connectivity index (χ1n) is 4.95. The van der Waals surface area contributed by atoms with Crippen LogP contribution in [0.2, 0.25) is 0 Å². The van der Waals surface area contributed by atoms with E-state index in [0.29, 0.717) is 5.82 Å². The normalized spacial score (nSPS) is 10.1. The van der Waals surface area contributed by atoms with Gasteiger partial charge in [0.1, 0.15) is 11.6 Å². The van der Waals surface area contributed by atoms with E-state index in [-0.39, 0.29) is 0 Å². The van der Waals surface area contributed by atoms with Crippen molar-refractivity contribution in [1.29, 1.82) is 0 Å². The number of benzene rings is 1. The van der Waals surface area contributed by atoms with Crippen LogP contribution in [-0.4, -0.2) is 17.3 Å². The molecule has 0 saturated carbocycles. The van der Waals surface area contributed by atoms with Gasteiger partial charge in [-0.05, 0) is 31.2 Å². The zero-order valence-corrected chi connectivity index (χ0v) is 9.27. The molecule has 16 heavy (non-hydrogen) atoms. The van der Waals surface area contributed by atoms with Gasteiger partial charge in [0.2, 0.25) is 0 Å². The minimum atomic E-state index is 0.412. The van der Waals surface area contributed by atoms with Gasteiger partial charge in [-0.25, -0.2) is 0 Å². The maximum Gasteiger partial charge on any atom is 0.146 e. The lowest BCUT2D eigenvalue weighted by Crippen LogP contribution is -1.95. The quantitative estimate of drug-likeness (QED) is 0.832. The van der Waals surface area contributed by atoms with Crippen molar-refractivity contribution >= 4 is 5.82 Å². The molecule has 2 aromatic rings. The first-order chi connectivity index (χ1) is 7.70. The number of rotatable bonds is 2. The minimum absolute atomic E-state index is 0.412. The van der Waals surface area contributed by atoms with Crippen LogP contribution in [0.5, 0.6) is 5.75 Å². The molecule has 2 rings (SSSR count). The van der Waals surface area contributed by atoms with Crippen LogP contribution >= 0.6 is 0 Å². The minimum Gasteiger partial charge on any atom is -0.496 e. The molecule has 1 aromatic heterocycles. The Hall–Kier alpha value is -2.10. The fourth-order valence-corrected chi connectivity index (χ4v) is 1.51. The molecule has 0 saturated heterocycles. The molecule has 0 radical (unpaired) electrons. The molecule has 0 bridgehead atoms. The van der Waals surface area contributed by atoms with Gasteiger partial charge in [0.15, 0.2) is 0 Å². The largest absolute Gasteiger partial charge is 0.496 e. The molecule has 4 nitrogen and oxygen atoms in total. The highest BCUT2D eigenvalue weighted by atomic mass is 16.5. The molecule has 0 fully saturated rings. The third-order valence-corrected chi connectivity index (χ3v) is 2.32. The Balaban J connectivity index is 2.53. The summed E-state index contributed by atoms with van der Waals surface area (Å²) < 4.78 is 5.29. The van der Waals surface area contributed by atoms with Crippen LogP contribution in [0.15, 0.2) is 30.3 Å². The molecular formula is C12H13N3O. The van der Waals surface area contributed by atoms with E-state index in [1.807, 2.05) is 31.2 Å². The lowest BCUT2D eigenvalue weighted by Gasteiger charge is -2.08. The van der Waals surface area contributed by atoms with Crippen molar-refractivity contribution in [2.75, 3.05) is 12.8 Å². The standard InChI is InChI=1S/C12H13N3O/c1-8-3-5-11(16-2)9(7-8)10-4-6-12(13)15-14-10/h3-7H,1-2H3,(H2,13,15). The lowest BCUT2D eigenvalue weighted by molar-refractivity contribution is 0.416. The summed E-state index contributed by atoms with van der Waals surface area (Å²) in [6.07, 6.45) is 0. The maximum absolute atomic E-state index is 5.50. The average Bonchev–Trinajstić information content (AvgIpc) is 2.30. The monoisotopic (exact) mass is 215 g/mol. The Morgan fingerprint density at radius 3 is 2.56 bits per heavy atom. The number of nitrogens with two attached hydrogens (primary N) is 1. The summed E-state index contributed by atoms with van der Waals surface area (Å²) in [6, 6.07) is 9.48. The van der Waals surface area contributed by atoms with Crippen molar-refractivity contribution in [2.24, 2.45) is 0 Å². The number of hydrogen-bond donors (Lipinski definition) is 1. The Kier molecular flexibility index (Phi) is 2.72. The van der Waals surface area contributed by atoms with Crippen molar-refractivity contribution in [3.05, 3.63) is 35.9 Å². The van der Waals surface area contributed by atoms with E-state index in [0.717, 1.165) is 22.6 Å². The summed E-state index contributed by atoms with van der Waals surface area (Å²) in [5.74, 6) is 1.19. The fraction of sp³-hybridized carbons (Fsp3) is 0.167. The van der Waals surface area contributed by atoms with E-state index in [1.165, 1.54) is 0 Å². The van der Waals surface area contributed by atoms with Crippen LogP contribution in [0.4, 0.5) is 5.82 Å². The first kappa shape index (κ1) is 10.4. The van der Waals surface area contributed by atoms with E-state index in [9.17, 15) is 0 Å². The molecule has 0 aliphatic rings. The van der Waals surface area contributed by atoms with Gasteiger partial charge in [0, 0.05) is 5.56 Å². The predicted octanol–water partition coefficient (Wildman–Crippen LogP) is 2.04. The van der Waals surface area contributed by atoms with Crippen LogP contribution < -0.4 is 10.5 Å². The number of aromatic nitrogens is 2. The maximum atomic E-state index is 5.50. The van der Waals surface area contributed by atoms with Gasteiger partial charge in [0.05, 0.1) is 12.8 Å². The molecule has 0 spiro atoms. The van der Waals surface area contributed by atoms with Crippen molar-refractivity contribution in [3.8, 4) is 17.0 Å². The van der Waals surface area contributed by atoms with Gasteiger partial charge < -0.3 is 10.5 Å². The first-order valence-corrected chi connectivity index (χ1v) is 4.95. The van der Waals surface area contributed by atoms with Gasteiger partial charge in [-0.1, -0.05) is 11.6 Å².